The molecule has 1 heterocycles. The third-order valence-corrected chi connectivity index (χ3v) is 4.48. The van der Waals surface area contributed by atoms with Crippen molar-refractivity contribution < 1.29 is 14.3 Å². The van der Waals surface area contributed by atoms with Gasteiger partial charge < -0.3 is 15.0 Å². The maximum absolute atomic E-state index is 12.3. The van der Waals surface area contributed by atoms with Crippen molar-refractivity contribution in [3.8, 4) is 5.75 Å². The van der Waals surface area contributed by atoms with E-state index in [9.17, 15) is 9.59 Å². The first-order valence-corrected chi connectivity index (χ1v) is 8.47. The normalized spacial score (nSPS) is 20.7. The van der Waals surface area contributed by atoms with Gasteiger partial charge >= 0.3 is 0 Å². The van der Waals surface area contributed by atoms with E-state index in [2.05, 4.69) is 5.32 Å². The van der Waals surface area contributed by atoms with E-state index in [0.717, 1.165) is 30.6 Å². The van der Waals surface area contributed by atoms with E-state index < -0.39 is 0 Å². The second kappa shape index (κ2) is 7.02. The number of hydrogen-bond donors (Lipinski definition) is 1. The number of nitrogens with one attached hydrogen (secondary N) is 1. The van der Waals surface area contributed by atoms with Crippen LogP contribution in [0.1, 0.15) is 31.7 Å². The number of benzene rings is 1. The Kier molecular flexibility index (Phi) is 4.84. The summed E-state index contributed by atoms with van der Waals surface area (Å²) in [4.78, 5) is 26.1. The Hall–Kier alpha value is -2.04. The molecule has 2 amide bonds. The lowest BCUT2D eigenvalue weighted by Gasteiger charge is -2.15. The second-order valence-corrected chi connectivity index (χ2v) is 6.26. The molecule has 1 aliphatic heterocycles. The van der Waals surface area contributed by atoms with Crippen LogP contribution >= 0.6 is 0 Å². The predicted molar refractivity (Wildman–Crippen MR) is 87.2 cm³/mol. The van der Waals surface area contributed by atoms with Crippen LogP contribution in [0, 0.1) is 5.92 Å². The Bertz CT molecular complexity index is 583. The summed E-state index contributed by atoms with van der Waals surface area (Å²) in [6.45, 7) is 3.74. The van der Waals surface area contributed by atoms with Gasteiger partial charge in [0.2, 0.25) is 11.8 Å². The number of likely N-dealkylation sites (tertiary alicyclic amines) is 1. The zero-order valence-electron chi connectivity index (χ0n) is 13.6. The van der Waals surface area contributed by atoms with Crippen LogP contribution in [0.2, 0.25) is 0 Å². The number of ether oxygens (including phenoxy) is 1. The summed E-state index contributed by atoms with van der Waals surface area (Å²) in [6.07, 6.45) is 3.27. The molecule has 5 nitrogen and oxygen atoms in total. The molecule has 2 fully saturated rings. The van der Waals surface area contributed by atoms with Crippen LogP contribution in [0.25, 0.3) is 0 Å². The van der Waals surface area contributed by atoms with E-state index in [4.69, 9.17) is 4.74 Å². The SMILES string of the molecule is CCOc1ccccc1CCNC(=O)[C@H]1CC(=O)N(C2CC2)C1. The topological polar surface area (TPSA) is 58.6 Å². The minimum absolute atomic E-state index is 0.00427. The molecule has 0 bridgehead atoms. The summed E-state index contributed by atoms with van der Waals surface area (Å²) in [7, 11) is 0. The highest BCUT2D eigenvalue weighted by Crippen LogP contribution is 2.32. The molecule has 3 rings (SSSR count). The molecule has 0 radical (unpaired) electrons. The third-order valence-electron chi connectivity index (χ3n) is 4.48. The van der Waals surface area contributed by atoms with Crippen LogP contribution in [0.4, 0.5) is 0 Å². The number of nitrogens with zero attached hydrogens (tertiary/aromatic N) is 1. The molecule has 0 aromatic heterocycles. The van der Waals surface area contributed by atoms with E-state index >= 15 is 0 Å². The molecule has 1 atom stereocenters. The molecule has 1 aromatic rings. The Morgan fingerprint density at radius 3 is 2.87 bits per heavy atom. The number of rotatable bonds is 7. The number of carbonyl (C=O) groups excluding carboxylic acids is 2. The van der Waals surface area contributed by atoms with Crippen molar-refractivity contribution in [2.24, 2.45) is 5.92 Å². The highest BCUT2D eigenvalue weighted by Gasteiger charge is 2.41. The smallest absolute Gasteiger partial charge is 0.225 e. The molecule has 1 aliphatic carbocycles. The zero-order valence-corrected chi connectivity index (χ0v) is 13.6. The maximum atomic E-state index is 12.3. The Balaban J connectivity index is 1.47. The highest BCUT2D eigenvalue weighted by molar-refractivity contribution is 5.89. The van der Waals surface area contributed by atoms with Gasteiger partial charge in [-0.05, 0) is 37.8 Å². The zero-order chi connectivity index (χ0) is 16.2. The molecule has 124 valence electrons. The lowest BCUT2D eigenvalue weighted by Crippen LogP contribution is -2.34. The summed E-state index contributed by atoms with van der Waals surface area (Å²) in [6, 6.07) is 8.29. The Morgan fingerprint density at radius 2 is 2.13 bits per heavy atom. The fourth-order valence-corrected chi connectivity index (χ4v) is 3.12. The second-order valence-electron chi connectivity index (χ2n) is 6.26. The van der Waals surface area contributed by atoms with E-state index in [1.165, 1.54) is 0 Å². The minimum Gasteiger partial charge on any atom is -0.494 e. The van der Waals surface area contributed by atoms with Gasteiger partial charge in [-0.25, -0.2) is 0 Å². The van der Waals surface area contributed by atoms with Crippen molar-refractivity contribution in [1.29, 1.82) is 0 Å². The van der Waals surface area contributed by atoms with E-state index in [-0.39, 0.29) is 17.7 Å². The average Bonchev–Trinajstić information content (AvgIpc) is 3.31. The van der Waals surface area contributed by atoms with Crippen LogP contribution in [-0.4, -0.2) is 42.5 Å². The first kappa shape index (κ1) is 15.8. The molecule has 1 saturated carbocycles. The molecule has 1 saturated heterocycles. The number of hydrogen-bond acceptors (Lipinski definition) is 3. The van der Waals surface area contributed by atoms with E-state index in [1.54, 1.807) is 0 Å². The lowest BCUT2D eigenvalue weighted by atomic mass is 10.1. The van der Waals surface area contributed by atoms with Gasteiger partial charge in [0.25, 0.3) is 0 Å². The van der Waals surface area contributed by atoms with Crippen molar-refractivity contribution in [3.63, 3.8) is 0 Å². The van der Waals surface area contributed by atoms with Gasteiger partial charge in [-0.3, -0.25) is 9.59 Å². The van der Waals surface area contributed by atoms with Crippen molar-refractivity contribution >= 4 is 11.8 Å². The van der Waals surface area contributed by atoms with Gasteiger partial charge in [0.1, 0.15) is 5.75 Å². The molecular formula is C18H24N2O3. The maximum Gasteiger partial charge on any atom is 0.225 e. The fourth-order valence-electron chi connectivity index (χ4n) is 3.12. The number of carbonyl (C=O) groups is 2. The monoisotopic (exact) mass is 316 g/mol. The standard InChI is InChI=1S/C18H24N2O3/c1-2-23-16-6-4-3-5-13(16)9-10-19-18(22)14-11-17(21)20(12-14)15-7-8-15/h3-6,14-15H,2,7-12H2,1H3,(H,19,22)/t14-/m0/s1. The van der Waals surface area contributed by atoms with Crippen molar-refractivity contribution in [1.82, 2.24) is 10.2 Å². The third kappa shape index (κ3) is 3.84. The first-order valence-electron chi connectivity index (χ1n) is 8.47. The largest absolute Gasteiger partial charge is 0.494 e. The minimum atomic E-state index is -0.190. The van der Waals surface area contributed by atoms with Crippen LogP contribution in [0.5, 0.6) is 5.75 Å². The predicted octanol–water partition coefficient (Wildman–Crippen LogP) is 1.75. The van der Waals surface area contributed by atoms with Crippen molar-refractivity contribution in [2.75, 3.05) is 19.7 Å². The summed E-state index contributed by atoms with van der Waals surface area (Å²) in [5.74, 6) is 0.815. The molecule has 0 spiro atoms. The van der Waals surface area contributed by atoms with Crippen molar-refractivity contribution in [2.45, 2.75) is 38.6 Å². The fraction of sp³-hybridized carbons (Fsp3) is 0.556. The molecule has 2 aliphatic rings. The van der Waals surface area contributed by atoms with E-state index in [1.807, 2.05) is 36.1 Å². The Labute approximate surface area is 137 Å². The van der Waals surface area contributed by atoms with Gasteiger partial charge in [0, 0.05) is 25.6 Å². The molecule has 1 N–H and O–H groups in total. The first-order chi connectivity index (χ1) is 11.2. The van der Waals surface area contributed by atoms with Gasteiger partial charge in [0.05, 0.1) is 12.5 Å². The van der Waals surface area contributed by atoms with Gasteiger partial charge in [-0.2, -0.15) is 0 Å². The number of amides is 2. The van der Waals surface area contributed by atoms with Crippen LogP contribution in [0.15, 0.2) is 24.3 Å². The molecule has 0 unspecified atom stereocenters. The highest BCUT2D eigenvalue weighted by atomic mass is 16.5. The van der Waals surface area contributed by atoms with Crippen LogP contribution in [-0.2, 0) is 16.0 Å². The van der Waals surface area contributed by atoms with Crippen LogP contribution < -0.4 is 10.1 Å². The van der Waals surface area contributed by atoms with Crippen LogP contribution in [0.3, 0.4) is 0 Å². The Morgan fingerprint density at radius 1 is 1.35 bits per heavy atom. The molecule has 23 heavy (non-hydrogen) atoms. The van der Waals surface area contributed by atoms with Gasteiger partial charge in [0.15, 0.2) is 0 Å². The summed E-state index contributed by atoms with van der Waals surface area (Å²) >= 11 is 0. The molecular weight excluding hydrogens is 292 g/mol. The van der Waals surface area contributed by atoms with E-state index in [0.29, 0.717) is 32.2 Å². The summed E-state index contributed by atoms with van der Waals surface area (Å²) < 4.78 is 5.59. The summed E-state index contributed by atoms with van der Waals surface area (Å²) in [5.41, 5.74) is 1.09. The van der Waals surface area contributed by atoms with Gasteiger partial charge in [-0.15, -0.1) is 0 Å². The van der Waals surface area contributed by atoms with Crippen molar-refractivity contribution in [3.05, 3.63) is 29.8 Å². The van der Waals surface area contributed by atoms with Gasteiger partial charge in [-0.1, -0.05) is 18.2 Å². The molecule has 5 heteroatoms. The number of para-hydroxylation sites is 1. The molecule has 1 aromatic carbocycles. The lowest BCUT2D eigenvalue weighted by molar-refractivity contribution is -0.129. The quantitative estimate of drug-likeness (QED) is 0.834. The summed E-state index contributed by atoms with van der Waals surface area (Å²) in [5, 5.41) is 2.97. The average molecular weight is 316 g/mol.